The Hall–Kier alpha value is -10.5. The minimum absolute atomic E-state index is 0.115. The van der Waals surface area contributed by atoms with E-state index in [-0.39, 0.29) is 6.71 Å². The van der Waals surface area contributed by atoms with Gasteiger partial charge in [0.2, 0.25) is 0 Å². The van der Waals surface area contributed by atoms with E-state index < -0.39 is 0 Å². The van der Waals surface area contributed by atoms with Crippen molar-refractivity contribution in [3.63, 3.8) is 0 Å². The third-order valence-corrected chi connectivity index (χ3v) is 16.5. The van der Waals surface area contributed by atoms with E-state index in [2.05, 4.69) is 331 Å². The van der Waals surface area contributed by atoms with E-state index in [0.717, 1.165) is 11.4 Å². The first-order valence-corrected chi connectivity index (χ1v) is 28.0. The highest BCUT2D eigenvalue weighted by molar-refractivity contribution is 7.00. The number of fused-ring (bicyclic) bond motifs is 4. The van der Waals surface area contributed by atoms with Crippen LogP contribution in [-0.2, 0) is 0 Å². The van der Waals surface area contributed by atoms with Gasteiger partial charge in [0.15, 0.2) is 0 Å². The molecule has 0 aliphatic carbocycles. The van der Waals surface area contributed by atoms with Crippen molar-refractivity contribution in [2.24, 2.45) is 0 Å². The Kier molecular flexibility index (Phi) is 12.0. The van der Waals surface area contributed by atoms with Crippen LogP contribution in [0, 0.1) is 0 Å². The monoisotopic (exact) mass is 1030 g/mol. The van der Waals surface area contributed by atoms with E-state index in [4.69, 9.17) is 0 Å². The van der Waals surface area contributed by atoms with Crippen molar-refractivity contribution >= 4 is 57.2 Å². The average molecular weight is 1030 g/mol. The van der Waals surface area contributed by atoms with Crippen LogP contribution >= 0.6 is 0 Å². The molecule has 3 heteroatoms. The maximum absolute atomic E-state index is 2.52. The Bertz CT molecular complexity index is 4160. The molecule has 2 heterocycles. The van der Waals surface area contributed by atoms with Gasteiger partial charge in [-0.1, -0.05) is 273 Å². The Morgan fingerprint density at radius 1 is 0.185 bits per heavy atom. The summed E-state index contributed by atoms with van der Waals surface area (Å²) in [4.78, 5) is 5.04. The van der Waals surface area contributed by atoms with E-state index in [1.54, 1.807) is 0 Å². The van der Waals surface area contributed by atoms with Crippen LogP contribution < -0.4 is 26.2 Å². The Morgan fingerprint density at radius 2 is 0.432 bits per heavy atom. The SMILES string of the molecule is c1ccc(-c2ccccc2-c2ccc(N3c4ccc(-c5ccccc5-c5ccccc5)cc4B4c5cc(-c6ccccc6-c6ccccc6)ccc5N(c5ccc(-c6ccccc6-c6ccccc6)cc5)c5cccc3c54)cc2)cc1. The van der Waals surface area contributed by atoms with Crippen LogP contribution in [0.3, 0.4) is 0 Å². The van der Waals surface area contributed by atoms with Crippen molar-refractivity contribution in [2.75, 3.05) is 9.80 Å². The van der Waals surface area contributed by atoms with Gasteiger partial charge >= 0.3 is 0 Å². The van der Waals surface area contributed by atoms with Crippen molar-refractivity contribution in [1.82, 2.24) is 0 Å². The predicted molar refractivity (Wildman–Crippen MR) is 344 cm³/mol. The lowest BCUT2D eigenvalue weighted by Crippen LogP contribution is -2.61. The van der Waals surface area contributed by atoms with Crippen LogP contribution in [0.25, 0.3) is 89.0 Å². The molecule has 0 atom stereocenters. The molecule has 0 spiro atoms. The summed E-state index contributed by atoms with van der Waals surface area (Å²) in [5.74, 6) is 0. The highest BCUT2D eigenvalue weighted by Crippen LogP contribution is 2.47. The minimum atomic E-state index is -0.115. The molecule has 13 aromatic carbocycles. The first kappa shape index (κ1) is 47.7. The topological polar surface area (TPSA) is 6.48 Å². The molecular formula is C78H53BN2. The third kappa shape index (κ3) is 8.46. The van der Waals surface area contributed by atoms with Gasteiger partial charge in [-0.15, -0.1) is 0 Å². The highest BCUT2D eigenvalue weighted by atomic mass is 15.2. The van der Waals surface area contributed by atoms with Crippen LogP contribution in [0.4, 0.5) is 34.1 Å². The maximum atomic E-state index is 2.52. The summed E-state index contributed by atoms with van der Waals surface area (Å²) in [6, 6.07) is 118. The molecule has 2 nitrogen and oxygen atoms in total. The lowest BCUT2D eigenvalue weighted by molar-refractivity contribution is 1.25. The second-order valence-corrected chi connectivity index (χ2v) is 21.1. The molecule has 2 aliphatic heterocycles. The zero-order chi connectivity index (χ0) is 53.6. The summed E-state index contributed by atoms with van der Waals surface area (Å²) in [6.07, 6.45) is 0. The van der Waals surface area contributed by atoms with Gasteiger partial charge < -0.3 is 9.80 Å². The van der Waals surface area contributed by atoms with Crippen molar-refractivity contribution in [3.05, 3.63) is 322 Å². The smallest absolute Gasteiger partial charge is 0.252 e. The number of hydrogen-bond acceptors (Lipinski definition) is 2. The van der Waals surface area contributed by atoms with Gasteiger partial charge in [-0.3, -0.25) is 0 Å². The van der Waals surface area contributed by atoms with Crippen LogP contribution in [-0.4, -0.2) is 6.71 Å². The van der Waals surface area contributed by atoms with Gasteiger partial charge in [-0.05, 0) is 154 Å². The summed E-state index contributed by atoms with van der Waals surface area (Å²) in [5.41, 5.74) is 29.9. The fourth-order valence-corrected chi connectivity index (χ4v) is 12.8. The van der Waals surface area contributed by atoms with E-state index in [1.807, 2.05) is 0 Å². The third-order valence-electron chi connectivity index (χ3n) is 16.5. The van der Waals surface area contributed by atoms with Crippen LogP contribution in [0.2, 0.25) is 0 Å². The van der Waals surface area contributed by atoms with Crippen molar-refractivity contribution in [3.8, 4) is 89.0 Å². The predicted octanol–water partition coefficient (Wildman–Crippen LogP) is 19.1. The van der Waals surface area contributed by atoms with Crippen LogP contribution in [0.5, 0.6) is 0 Å². The molecule has 0 fully saturated rings. The van der Waals surface area contributed by atoms with Crippen molar-refractivity contribution in [1.29, 1.82) is 0 Å². The van der Waals surface area contributed by atoms with Gasteiger partial charge in [0.05, 0.1) is 0 Å². The molecule has 13 aromatic rings. The Labute approximate surface area is 474 Å². The molecule has 0 unspecified atom stereocenters. The summed E-state index contributed by atoms with van der Waals surface area (Å²) < 4.78 is 0. The first-order chi connectivity index (χ1) is 40.2. The molecule has 0 saturated carbocycles. The zero-order valence-electron chi connectivity index (χ0n) is 44.6. The molecule has 0 radical (unpaired) electrons. The van der Waals surface area contributed by atoms with Crippen LogP contribution in [0.1, 0.15) is 0 Å². The second kappa shape index (κ2) is 20.4. The van der Waals surface area contributed by atoms with Gasteiger partial charge in [-0.25, -0.2) is 0 Å². The lowest BCUT2D eigenvalue weighted by Gasteiger charge is -2.44. The summed E-state index contributed by atoms with van der Waals surface area (Å²) in [6.45, 7) is -0.115. The average Bonchev–Trinajstić information content (AvgIpc) is 3.70. The quantitative estimate of drug-likeness (QED) is 0.126. The van der Waals surface area contributed by atoms with Crippen molar-refractivity contribution in [2.45, 2.75) is 0 Å². The molecule has 0 bridgehead atoms. The van der Waals surface area contributed by atoms with Gasteiger partial charge in [0.1, 0.15) is 0 Å². The van der Waals surface area contributed by atoms with Crippen molar-refractivity contribution < 1.29 is 0 Å². The largest absolute Gasteiger partial charge is 0.311 e. The Morgan fingerprint density at radius 3 is 0.728 bits per heavy atom. The van der Waals surface area contributed by atoms with Crippen LogP contribution in [0.15, 0.2) is 322 Å². The molecule has 0 aromatic heterocycles. The minimum Gasteiger partial charge on any atom is -0.311 e. The van der Waals surface area contributed by atoms with E-state index in [9.17, 15) is 0 Å². The molecule has 2 aliphatic rings. The molecule has 378 valence electrons. The lowest BCUT2D eigenvalue weighted by atomic mass is 9.33. The van der Waals surface area contributed by atoms with E-state index in [0.29, 0.717) is 0 Å². The summed E-state index contributed by atoms with van der Waals surface area (Å²) >= 11 is 0. The number of hydrogen-bond donors (Lipinski definition) is 0. The van der Waals surface area contributed by atoms with E-state index >= 15 is 0 Å². The number of anilines is 6. The molecular weight excluding hydrogens is 976 g/mol. The molecule has 0 N–H and O–H groups in total. The fraction of sp³-hybridized carbons (Fsp3) is 0. The number of nitrogens with zero attached hydrogens (tertiary/aromatic N) is 2. The normalized spacial score (nSPS) is 12.1. The molecule has 81 heavy (non-hydrogen) atoms. The molecule has 0 saturated heterocycles. The Balaban J connectivity index is 0.951. The molecule has 0 amide bonds. The van der Waals surface area contributed by atoms with Gasteiger partial charge in [0.25, 0.3) is 6.71 Å². The zero-order valence-corrected chi connectivity index (χ0v) is 44.6. The number of rotatable bonds is 10. The summed E-state index contributed by atoms with van der Waals surface area (Å²) in [5, 5.41) is 0. The fourth-order valence-electron chi connectivity index (χ4n) is 12.8. The number of benzene rings is 13. The first-order valence-electron chi connectivity index (χ1n) is 28.0. The standard InChI is InChI=1S/C78H53BN2/c1-5-22-54(23-6-1)64-30-13-15-34-68(64)58-40-46-62(47-41-58)80-74-50-44-60(70-36-19-17-32-66(70)56-26-9-3-10-27-56)52-72(74)79-73-53-61(71-37-20-18-33-67(71)57-28-11-4-12-29-57)45-51-75(73)81(77-39-21-38-76(80)78(77)79)63-48-42-59(43-49-63)69-35-16-14-31-65(69)55-24-7-2-8-25-55/h1-53H. The van der Waals surface area contributed by atoms with Gasteiger partial charge in [-0.2, -0.15) is 0 Å². The van der Waals surface area contributed by atoms with E-state index in [1.165, 1.54) is 128 Å². The highest BCUT2D eigenvalue weighted by Gasteiger charge is 2.43. The second-order valence-electron chi connectivity index (χ2n) is 21.1. The maximum Gasteiger partial charge on any atom is 0.252 e. The molecule has 15 rings (SSSR count). The van der Waals surface area contributed by atoms with Gasteiger partial charge in [0, 0.05) is 34.1 Å². The summed E-state index contributed by atoms with van der Waals surface area (Å²) in [7, 11) is 0.